The second-order valence-corrected chi connectivity index (χ2v) is 5.74. The minimum atomic E-state index is -1.10. The third-order valence-electron chi connectivity index (χ3n) is 4.04. The summed E-state index contributed by atoms with van der Waals surface area (Å²) >= 11 is 0. The molecule has 0 unspecified atom stereocenters. The summed E-state index contributed by atoms with van der Waals surface area (Å²) in [5, 5.41) is 13.3. The molecule has 0 amide bonds. The summed E-state index contributed by atoms with van der Waals surface area (Å²) < 4.78 is 0. The first kappa shape index (κ1) is 12.8. The first-order chi connectivity index (χ1) is 9.57. The summed E-state index contributed by atoms with van der Waals surface area (Å²) in [6, 6.07) is 7.46. The van der Waals surface area contributed by atoms with Crippen molar-refractivity contribution in [2.24, 2.45) is 5.41 Å². The molecule has 1 aromatic carbocycles. The van der Waals surface area contributed by atoms with E-state index in [1.54, 1.807) is 6.07 Å². The minimum Gasteiger partial charge on any atom is -0.475 e. The maximum absolute atomic E-state index is 11.1. The van der Waals surface area contributed by atoms with Crippen molar-refractivity contribution in [3.63, 3.8) is 0 Å². The molecule has 0 bridgehead atoms. The number of carboxylic acids is 1. The summed E-state index contributed by atoms with van der Waals surface area (Å²) in [5.74, 6) is -0.653. The van der Waals surface area contributed by atoms with Crippen LogP contribution in [0.5, 0.6) is 0 Å². The van der Waals surface area contributed by atoms with Crippen LogP contribution in [0.4, 0.5) is 5.82 Å². The van der Waals surface area contributed by atoms with E-state index in [9.17, 15) is 4.79 Å². The highest BCUT2D eigenvalue weighted by atomic mass is 16.4. The molecule has 5 nitrogen and oxygen atoms in total. The number of rotatable bonds is 4. The van der Waals surface area contributed by atoms with Crippen molar-refractivity contribution in [3.8, 4) is 0 Å². The standard InChI is InChI=1S/C15H17N3O2/c1-15(7-4-8-15)9-16-12-10-5-2-3-6-11(10)17-13(18-12)14(19)20/h2-3,5-6H,4,7-9H2,1H3,(H,19,20)(H,16,17,18). The largest absolute Gasteiger partial charge is 0.475 e. The number of nitrogens with zero attached hydrogens (tertiary/aromatic N) is 2. The lowest BCUT2D eigenvalue weighted by Gasteiger charge is -2.38. The number of hydrogen-bond acceptors (Lipinski definition) is 4. The number of nitrogens with one attached hydrogen (secondary N) is 1. The van der Waals surface area contributed by atoms with Crippen molar-refractivity contribution in [2.45, 2.75) is 26.2 Å². The summed E-state index contributed by atoms with van der Waals surface area (Å²) in [6.45, 7) is 3.05. The van der Waals surface area contributed by atoms with Crippen molar-refractivity contribution < 1.29 is 9.90 Å². The number of aromatic nitrogens is 2. The van der Waals surface area contributed by atoms with Crippen molar-refractivity contribution in [3.05, 3.63) is 30.1 Å². The zero-order valence-corrected chi connectivity index (χ0v) is 11.4. The van der Waals surface area contributed by atoms with Gasteiger partial charge in [0, 0.05) is 11.9 Å². The van der Waals surface area contributed by atoms with Gasteiger partial charge >= 0.3 is 5.97 Å². The average Bonchev–Trinajstić information content (AvgIpc) is 2.42. The molecule has 0 aliphatic heterocycles. The molecule has 20 heavy (non-hydrogen) atoms. The molecule has 0 saturated heterocycles. The molecule has 1 heterocycles. The molecule has 1 fully saturated rings. The molecule has 2 aromatic rings. The number of para-hydroxylation sites is 1. The molecule has 104 valence electrons. The Morgan fingerprint density at radius 3 is 2.75 bits per heavy atom. The SMILES string of the molecule is CC1(CNc2nc(C(=O)O)nc3ccccc23)CCC1. The van der Waals surface area contributed by atoms with E-state index in [-0.39, 0.29) is 5.82 Å². The van der Waals surface area contributed by atoms with Gasteiger partial charge in [-0.3, -0.25) is 0 Å². The predicted octanol–water partition coefficient (Wildman–Crippen LogP) is 2.93. The Balaban J connectivity index is 1.96. The van der Waals surface area contributed by atoms with E-state index in [1.165, 1.54) is 19.3 Å². The molecular formula is C15H17N3O2. The molecule has 1 saturated carbocycles. The normalized spacial score (nSPS) is 16.6. The third-order valence-corrected chi connectivity index (χ3v) is 4.04. The van der Waals surface area contributed by atoms with Crippen LogP contribution in [-0.2, 0) is 0 Å². The Morgan fingerprint density at radius 2 is 2.10 bits per heavy atom. The zero-order valence-electron chi connectivity index (χ0n) is 11.4. The van der Waals surface area contributed by atoms with E-state index in [4.69, 9.17) is 5.11 Å². The van der Waals surface area contributed by atoms with Gasteiger partial charge in [-0.15, -0.1) is 0 Å². The van der Waals surface area contributed by atoms with Crippen LogP contribution in [0.3, 0.4) is 0 Å². The van der Waals surface area contributed by atoms with Gasteiger partial charge in [0.1, 0.15) is 5.82 Å². The van der Waals surface area contributed by atoms with Crippen LogP contribution >= 0.6 is 0 Å². The lowest BCUT2D eigenvalue weighted by atomic mass is 9.70. The Morgan fingerprint density at radius 1 is 1.35 bits per heavy atom. The fourth-order valence-corrected chi connectivity index (χ4v) is 2.56. The molecule has 0 atom stereocenters. The minimum absolute atomic E-state index is 0.162. The molecule has 0 radical (unpaired) electrons. The van der Waals surface area contributed by atoms with Gasteiger partial charge in [0.05, 0.1) is 5.52 Å². The average molecular weight is 271 g/mol. The van der Waals surface area contributed by atoms with Crippen LogP contribution < -0.4 is 5.32 Å². The third kappa shape index (κ3) is 2.31. The van der Waals surface area contributed by atoms with Crippen LogP contribution in [0.15, 0.2) is 24.3 Å². The molecule has 1 aliphatic carbocycles. The first-order valence-corrected chi connectivity index (χ1v) is 6.81. The predicted molar refractivity (Wildman–Crippen MR) is 76.9 cm³/mol. The molecule has 0 spiro atoms. The summed E-state index contributed by atoms with van der Waals surface area (Å²) in [7, 11) is 0. The topological polar surface area (TPSA) is 75.1 Å². The van der Waals surface area contributed by atoms with Gasteiger partial charge in [-0.2, -0.15) is 0 Å². The van der Waals surface area contributed by atoms with E-state index in [2.05, 4.69) is 22.2 Å². The Labute approximate surface area is 117 Å². The lowest BCUT2D eigenvalue weighted by Crippen LogP contribution is -2.33. The van der Waals surface area contributed by atoms with E-state index >= 15 is 0 Å². The molecular weight excluding hydrogens is 254 g/mol. The lowest BCUT2D eigenvalue weighted by molar-refractivity contribution is 0.0684. The van der Waals surface area contributed by atoms with E-state index in [0.29, 0.717) is 16.7 Å². The number of carbonyl (C=O) groups is 1. The van der Waals surface area contributed by atoms with E-state index in [0.717, 1.165) is 11.9 Å². The van der Waals surface area contributed by atoms with Crippen LogP contribution in [0.25, 0.3) is 10.9 Å². The number of fused-ring (bicyclic) bond motifs is 1. The Bertz CT molecular complexity index is 665. The highest BCUT2D eigenvalue weighted by molar-refractivity contribution is 5.93. The summed E-state index contributed by atoms with van der Waals surface area (Å²) in [6.07, 6.45) is 3.67. The van der Waals surface area contributed by atoms with E-state index in [1.807, 2.05) is 18.2 Å². The number of anilines is 1. The maximum Gasteiger partial charge on any atom is 0.374 e. The zero-order chi connectivity index (χ0) is 14.2. The monoisotopic (exact) mass is 271 g/mol. The second-order valence-electron chi connectivity index (χ2n) is 5.74. The van der Waals surface area contributed by atoms with Gasteiger partial charge < -0.3 is 10.4 Å². The highest BCUT2D eigenvalue weighted by Crippen LogP contribution is 2.40. The molecule has 5 heteroatoms. The first-order valence-electron chi connectivity index (χ1n) is 6.81. The molecule has 3 rings (SSSR count). The van der Waals surface area contributed by atoms with Gasteiger partial charge in [0.25, 0.3) is 0 Å². The summed E-state index contributed by atoms with van der Waals surface area (Å²) in [4.78, 5) is 19.3. The van der Waals surface area contributed by atoms with Crippen LogP contribution in [0.2, 0.25) is 0 Å². The maximum atomic E-state index is 11.1. The van der Waals surface area contributed by atoms with Crippen LogP contribution in [0.1, 0.15) is 36.8 Å². The van der Waals surface area contributed by atoms with Crippen molar-refractivity contribution >= 4 is 22.7 Å². The fraction of sp³-hybridized carbons (Fsp3) is 0.400. The van der Waals surface area contributed by atoms with Gasteiger partial charge in [-0.25, -0.2) is 14.8 Å². The number of aromatic carboxylic acids is 1. The van der Waals surface area contributed by atoms with Crippen molar-refractivity contribution in [2.75, 3.05) is 11.9 Å². The van der Waals surface area contributed by atoms with Crippen molar-refractivity contribution in [1.82, 2.24) is 9.97 Å². The quantitative estimate of drug-likeness (QED) is 0.894. The Kier molecular flexibility index (Phi) is 3.04. The summed E-state index contributed by atoms with van der Waals surface area (Å²) in [5.41, 5.74) is 0.955. The molecule has 2 N–H and O–H groups in total. The van der Waals surface area contributed by atoms with E-state index < -0.39 is 5.97 Å². The highest BCUT2D eigenvalue weighted by Gasteiger charge is 2.31. The second kappa shape index (κ2) is 4.74. The van der Waals surface area contributed by atoms with Crippen LogP contribution in [0, 0.1) is 5.41 Å². The number of benzene rings is 1. The van der Waals surface area contributed by atoms with Gasteiger partial charge in [0.15, 0.2) is 0 Å². The molecule has 1 aliphatic rings. The fourth-order valence-electron chi connectivity index (χ4n) is 2.56. The Hall–Kier alpha value is -2.17. The van der Waals surface area contributed by atoms with Crippen molar-refractivity contribution in [1.29, 1.82) is 0 Å². The number of hydrogen-bond donors (Lipinski definition) is 2. The van der Waals surface area contributed by atoms with Gasteiger partial charge in [0.2, 0.25) is 5.82 Å². The van der Waals surface area contributed by atoms with Crippen LogP contribution in [-0.4, -0.2) is 27.6 Å². The van der Waals surface area contributed by atoms with Gasteiger partial charge in [-0.05, 0) is 30.4 Å². The number of carboxylic acid groups (broad SMARTS) is 1. The van der Waals surface area contributed by atoms with Gasteiger partial charge in [-0.1, -0.05) is 25.5 Å². The smallest absolute Gasteiger partial charge is 0.374 e. The molecule has 1 aromatic heterocycles.